The first-order chi connectivity index (χ1) is 32.3. The molecule has 0 bridgehead atoms. The second-order valence-electron chi connectivity index (χ2n) is 17.9. The van der Waals surface area contributed by atoms with E-state index in [1.165, 1.54) is 56.2 Å². The van der Waals surface area contributed by atoms with Crippen molar-refractivity contribution in [2.45, 2.75) is 127 Å². The molecule has 0 aromatic heterocycles. The molecule has 21 heteroatoms. The van der Waals surface area contributed by atoms with Crippen LogP contribution in [0.5, 0.6) is 17.2 Å². The third-order valence-corrected chi connectivity index (χ3v) is 13.4. The number of imide groups is 1. The maximum Gasteiger partial charge on any atom is 0.305 e. The maximum atomic E-state index is 14.2. The number of fused-ring (bicyclic) bond motifs is 3. The molecule has 2 fully saturated rings. The molecular weight excluding hydrogens is 893 g/mol. The lowest BCUT2D eigenvalue weighted by molar-refractivity contribution is -0.251. The number of aliphatic hydroxyl groups is 2. The number of hydrogen-bond donors (Lipinski definition) is 7. The Balaban J connectivity index is 1.13. The van der Waals surface area contributed by atoms with Crippen molar-refractivity contribution in [2.24, 2.45) is 11.8 Å². The number of amides is 3. The molecule has 68 heavy (non-hydrogen) atoms. The minimum Gasteiger partial charge on any atom is -0.507 e. The van der Waals surface area contributed by atoms with Crippen molar-refractivity contribution >= 4 is 47.5 Å². The van der Waals surface area contributed by atoms with Crippen molar-refractivity contribution in [3.8, 4) is 17.2 Å². The first-order valence-corrected chi connectivity index (χ1v) is 22.6. The Morgan fingerprint density at radius 1 is 0.956 bits per heavy atom. The second kappa shape index (κ2) is 20.6. The molecule has 1 saturated carbocycles. The van der Waals surface area contributed by atoms with E-state index < -0.39 is 119 Å². The van der Waals surface area contributed by atoms with E-state index in [4.69, 9.17) is 23.7 Å². The summed E-state index contributed by atoms with van der Waals surface area (Å²) in [5.41, 5.74) is 1.26. The number of aliphatic hydroxyl groups excluding tert-OH is 1. The molecule has 7 N–H and O–H groups in total. The number of hydrazine groups is 1. The number of carbonyl (C=O) groups excluding carboxylic acids is 8. The van der Waals surface area contributed by atoms with E-state index in [1.54, 1.807) is 6.92 Å². The smallest absolute Gasteiger partial charge is 0.305 e. The van der Waals surface area contributed by atoms with Crippen LogP contribution in [0, 0.1) is 11.8 Å². The van der Waals surface area contributed by atoms with E-state index in [0.29, 0.717) is 38.4 Å². The minimum atomic E-state index is -2.22. The number of ether oxygens (including phenoxy) is 5. The molecular formula is C47H56N4O17. The molecule has 21 nitrogen and oxygen atoms in total. The van der Waals surface area contributed by atoms with Gasteiger partial charge in [0.2, 0.25) is 18.0 Å². The largest absolute Gasteiger partial charge is 0.507 e. The average Bonchev–Trinajstić information content (AvgIpc) is 3.61. The third kappa shape index (κ3) is 10.2. The van der Waals surface area contributed by atoms with E-state index in [2.05, 4.69) is 16.2 Å². The van der Waals surface area contributed by atoms with Crippen LogP contribution in [-0.2, 0) is 54.1 Å². The van der Waals surface area contributed by atoms with Gasteiger partial charge in [0.15, 0.2) is 12.1 Å². The summed E-state index contributed by atoms with van der Waals surface area (Å²) in [6.45, 7) is 4.41. The van der Waals surface area contributed by atoms with Gasteiger partial charge in [-0.05, 0) is 57.6 Å². The van der Waals surface area contributed by atoms with Crippen LogP contribution in [0.3, 0.4) is 0 Å². The molecule has 2 aromatic carbocycles. The summed E-state index contributed by atoms with van der Waals surface area (Å²) in [7, 11) is 1.30. The Hall–Kier alpha value is -6.10. The molecule has 7 rings (SSSR count). The van der Waals surface area contributed by atoms with E-state index in [-0.39, 0.29) is 71.7 Å². The number of aromatic hydroxyl groups is 2. The van der Waals surface area contributed by atoms with Crippen molar-refractivity contribution in [1.29, 1.82) is 0 Å². The zero-order chi connectivity index (χ0) is 49.2. The minimum absolute atomic E-state index is 0.0133. The van der Waals surface area contributed by atoms with Gasteiger partial charge in [-0.25, -0.2) is 5.43 Å². The van der Waals surface area contributed by atoms with Crippen molar-refractivity contribution in [2.75, 3.05) is 20.2 Å². The zero-order valence-corrected chi connectivity index (χ0v) is 38.0. The van der Waals surface area contributed by atoms with Crippen LogP contribution in [0.15, 0.2) is 30.4 Å². The fourth-order valence-corrected chi connectivity index (χ4v) is 9.91. The number of esters is 2. The van der Waals surface area contributed by atoms with Crippen LogP contribution < -0.4 is 20.9 Å². The summed E-state index contributed by atoms with van der Waals surface area (Å²) in [5.74, 6) is -6.16. The Morgan fingerprint density at radius 3 is 2.25 bits per heavy atom. The van der Waals surface area contributed by atoms with Crippen molar-refractivity contribution < 1.29 is 82.5 Å². The number of carbonyl (C=O) groups is 8. The molecule has 0 spiro atoms. The average molecular weight is 949 g/mol. The molecule has 3 aliphatic carbocycles. The fraction of sp³-hybridized carbons (Fsp3) is 0.532. The summed E-state index contributed by atoms with van der Waals surface area (Å²) in [5, 5.41) is 51.0. The molecule has 5 unspecified atom stereocenters. The first kappa shape index (κ1) is 49.8. The van der Waals surface area contributed by atoms with Gasteiger partial charge in [-0.1, -0.05) is 12.1 Å². The van der Waals surface area contributed by atoms with E-state index in [1.807, 2.05) is 0 Å². The van der Waals surface area contributed by atoms with Gasteiger partial charge in [-0.2, -0.15) is 0 Å². The Morgan fingerprint density at radius 2 is 1.62 bits per heavy atom. The predicted molar refractivity (Wildman–Crippen MR) is 232 cm³/mol. The summed E-state index contributed by atoms with van der Waals surface area (Å²) in [6, 6.07) is 2.02. The summed E-state index contributed by atoms with van der Waals surface area (Å²) in [4.78, 5) is 103. The number of nitrogens with zero attached hydrogens (tertiary/aromatic N) is 1. The quantitative estimate of drug-likeness (QED) is 0.0190. The van der Waals surface area contributed by atoms with Crippen molar-refractivity contribution in [3.05, 3.63) is 63.7 Å². The monoisotopic (exact) mass is 948 g/mol. The zero-order valence-electron chi connectivity index (χ0n) is 38.0. The highest BCUT2D eigenvalue weighted by Gasteiger charge is 2.51. The molecule has 2 heterocycles. The number of hydrogen-bond acceptors (Lipinski definition) is 19. The third-order valence-electron chi connectivity index (χ3n) is 13.4. The standard InChI is InChI=1S/C47H56N4O17/c1-22-41(57)29(48-16-6-9-35(66-23(2)53)67-24(3)54)17-36(65-22)68-31-19-47(63,32(21-52)49-50-46(62)26-12-10-25(11-13-26)20-51-33(55)14-15-34(51)56)18-28-38(31)45(61)40-39(43(28)59)42(58)27-7-5-8-30(64-4)37(27)44(40)60/h5,7-8,14-15,21-22,25-26,29,31-32,35-36,41,48-49,57,59,61,63H,6,9-13,16-20H2,1-4H3,(H,50,62)/t22?,25?,26?,29?,31-,32?,36?,41?,47-/m0/s1. The van der Waals surface area contributed by atoms with Gasteiger partial charge in [-0.3, -0.25) is 43.9 Å². The Labute approximate surface area is 390 Å². The molecule has 2 aliphatic heterocycles. The van der Waals surface area contributed by atoms with Crippen molar-refractivity contribution in [3.63, 3.8) is 0 Å². The van der Waals surface area contributed by atoms with Crippen LogP contribution in [0.2, 0.25) is 0 Å². The second-order valence-corrected chi connectivity index (χ2v) is 17.9. The highest BCUT2D eigenvalue weighted by Crippen LogP contribution is 2.53. The first-order valence-electron chi connectivity index (χ1n) is 22.6. The SMILES string of the molecule is COc1cccc2c1C(=O)c1c(O)c3c(c(O)c1C2=O)C[C@@](O)(C(C=O)NNC(=O)C1CCC(CN2C(=O)C=CC2=O)CC1)C[C@@H]3OC1CC(NCCCC(OC(C)=O)OC(C)=O)C(O)C(C)O1. The van der Waals surface area contributed by atoms with Crippen molar-refractivity contribution in [1.82, 2.24) is 21.1 Å². The Kier molecular flexibility index (Phi) is 15.1. The number of ketones is 2. The molecule has 3 amide bonds. The number of benzene rings is 2. The van der Waals surface area contributed by atoms with Gasteiger partial charge in [-0.15, -0.1) is 0 Å². The lowest BCUT2D eigenvalue weighted by Gasteiger charge is -2.45. The van der Waals surface area contributed by atoms with Crippen LogP contribution in [-0.4, -0.2) is 136 Å². The highest BCUT2D eigenvalue weighted by atomic mass is 16.7. The molecule has 0 radical (unpaired) electrons. The number of methoxy groups -OCH3 is 1. The number of rotatable bonds is 17. The molecule has 2 aromatic rings. The topological polar surface area (TPSA) is 303 Å². The van der Waals surface area contributed by atoms with Gasteiger partial charge in [0.1, 0.15) is 29.6 Å². The van der Waals surface area contributed by atoms with Crippen LogP contribution >= 0.6 is 0 Å². The van der Waals surface area contributed by atoms with Gasteiger partial charge < -0.3 is 54.2 Å². The molecule has 7 atom stereocenters. The van der Waals surface area contributed by atoms with Gasteiger partial charge >= 0.3 is 11.9 Å². The number of phenolic OH excluding ortho intramolecular Hbond substituents is 2. The van der Waals surface area contributed by atoms with E-state index in [9.17, 15) is 58.8 Å². The Bertz CT molecular complexity index is 2360. The van der Waals surface area contributed by atoms with E-state index >= 15 is 0 Å². The summed E-state index contributed by atoms with van der Waals surface area (Å²) >= 11 is 0. The number of aldehydes is 1. The number of nitrogens with one attached hydrogen (secondary N) is 3. The predicted octanol–water partition coefficient (Wildman–Crippen LogP) is 1.22. The maximum absolute atomic E-state index is 14.2. The summed E-state index contributed by atoms with van der Waals surface area (Å²) in [6.07, 6.45) is -1.71. The molecule has 5 aliphatic rings. The summed E-state index contributed by atoms with van der Waals surface area (Å²) < 4.78 is 28.1. The lowest BCUT2D eigenvalue weighted by atomic mass is 9.71. The van der Waals surface area contributed by atoms with Crippen LogP contribution in [0.25, 0.3) is 0 Å². The normalized spacial score (nSPS) is 27.0. The molecule has 1 saturated heterocycles. The number of phenols is 2. The lowest BCUT2D eigenvalue weighted by Crippen LogP contribution is -2.61. The van der Waals surface area contributed by atoms with Gasteiger partial charge in [0, 0.05) is 86.9 Å². The van der Waals surface area contributed by atoms with Gasteiger partial charge in [0.25, 0.3) is 11.8 Å². The van der Waals surface area contributed by atoms with E-state index in [0.717, 1.165) is 0 Å². The van der Waals surface area contributed by atoms with Crippen LogP contribution in [0.4, 0.5) is 0 Å². The molecule has 366 valence electrons. The van der Waals surface area contributed by atoms with Gasteiger partial charge in [0.05, 0.1) is 47.7 Å². The highest BCUT2D eigenvalue weighted by molar-refractivity contribution is 6.31. The fourth-order valence-electron chi connectivity index (χ4n) is 9.91. The van der Waals surface area contributed by atoms with Crippen LogP contribution in [0.1, 0.15) is 121 Å².